The maximum atomic E-state index is 13.7. The van der Waals surface area contributed by atoms with Crippen LogP contribution in [0.25, 0.3) is 11.0 Å². The first-order valence-electron chi connectivity index (χ1n) is 14.6. The van der Waals surface area contributed by atoms with Crippen molar-refractivity contribution in [2.45, 2.75) is 89.5 Å². The van der Waals surface area contributed by atoms with Gasteiger partial charge in [-0.25, -0.2) is 4.98 Å². The first kappa shape index (κ1) is 30.3. The minimum absolute atomic E-state index is 0.0715. The lowest BCUT2D eigenvalue weighted by molar-refractivity contribution is -0.143. The third-order valence-electron chi connectivity index (χ3n) is 8.47. The third kappa shape index (κ3) is 6.37. The highest BCUT2D eigenvalue weighted by atomic mass is 19.4. The number of nitrogens with zero attached hydrogens (tertiary/aromatic N) is 9. The van der Waals surface area contributed by atoms with Gasteiger partial charge in [0.25, 0.3) is 5.95 Å². The van der Waals surface area contributed by atoms with Crippen LogP contribution in [0.3, 0.4) is 0 Å². The summed E-state index contributed by atoms with van der Waals surface area (Å²) in [5.41, 5.74) is 0.0932. The molecule has 1 aromatic carbocycles. The Bertz CT molecular complexity index is 1620. The fourth-order valence-corrected chi connectivity index (χ4v) is 6.20. The van der Waals surface area contributed by atoms with Crippen molar-refractivity contribution in [1.29, 1.82) is 0 Å². The van der Waals surface area contributed by atoms with E-state index in [-0.39, 0.29) is 30.7 Å². The highest BCUT2D eigenvalue weighted by molar-refractivity contribution is 5.79. The van der Waals surface area contributed by atoms with Gasteiger partial charge in [-0.1, -0.05) is 17.9 Å². The van der Waals surface area contributed by atoms with E-state index < -0.39 is 23.5 Å². The average Bonchev–Trinajstić information content (AvgIpc) is 3.32. The summed E-state index contributed by atoms with van der Waals surface area (Å²) in [4.78, 5) is 10.3. The Kier molecular flexibility index (Phi) is 7.79. The van der Waals surface area contributed by atoms with Crippen molar-refractivity contribution in [2.75, 3.05) is 4.90 Å². The van der Waals surface area contributed by atoms with Crippen molar-refractivity contribution in [2.24, 2.45) is 14.1 Å². The summed E-state index contributed by atoms with van der Waals surface area (Å²) < 4.78 is 83.7. The van der Waals surface area contributed by atoms with Crippen LogP contribution in [-0.4, -0.2) is 52.0 Å². The Balaban J connectivity index is 1.42. The van der Waals surface area contributed by atoms with Crippen molar-refractivity contribution in [3.8, 4) is 0 Å². The lowest BCUT2D eigenvalue weighted by Gasteiger charge is -2.30. The van der Waals surface area contributed by atoms with E-state index in [1.165, 1.54) is 29.6 Å². The zero-order valence-corrected chi connectivity index (χ0v) is 24.6. The number of tetrazole rings is 1. The topological polar surface area (TPSA) is 80.8 Å². The number of benzene rings is 1. The number of fused-ring (bicyclic) bond motifs is 1. The van der Waals surface area contributed by atoms with E-state index in [4.69, 9.17) is 4.98 Å². The molecule has 4 aromatic rings. The monoisotopic (exact) mass is 621 g/mol. The maximum absolute atomic E-state index is 13.7. The first-order valence-corrected chi connectivity index (χ1v) is 14.6. The molecule has 3 heterocycles. The van der Waals surface area contributed by atoms with Gasteiger partial charge < -0.3 is 4.90 Å². The molecule has 0 spiro atoms. The summed E-state index contributed by atoms with van der Waals surface area (Å²) in [6.07, 6.45) is -3.10. The molecule has 6 rings (SSSR count). The second-order valence-corrected chi connectivity index (χ2v) is 11.9. The second kappa shape index (κ2) is 11.3. The molecule has 236 valence electrons. The van der Waals surface area contributed by atoms with Crippen LogP contribution in [0, 0.1) is 6.92 Å². The van der Waals surface area contributed by atoms with E-state index in [0.29, 0.717) is 24.3 Å². The van der Waals surface area contributed by atoms with Crippen molar-refractivity contribution < 1.29 is 26.3 Å². The normalized spacial score (nSPS) is 16.5. The van der Waals surface area contributed by atoms with Gasteiger partial charge in [0.1, 0.15) is 0 Å². The van der Waals surface area contributed by atoms with Crippen LogP contribution >= 0.6 is 0 Å². The molecule has 15 heteroatoms. The van der Waals surface area contributed by atoms with Crippen LogP contribution in [0.1, 0.15) is 72.2 Å². The van der Waals surface area contributed by atoms with Crippen LogP contribution in [0.5, 0.6) is 0 Å². The molecule has 3 aromatic heterocycles. The molecule has 0 radical (unpaired) electrons. The molecule has 2 aliphatic carbocycles. The Morgan fingerprint density at radius 1 is 0.818 bits per heavy atom. The van der Waals surface area contributed by atoms with Crippen molar-refractivity contribution in [1.82, 2.24) is 39.9 Å². The standard InChI is InChI=1S/C29H33F6N9/c1-17-24-12-19(25(36-26(24)41(2)38-17)16-44(23-8-9-23)22-6-4-5-7-22)15-43(27-37-40-42(3)39-27)14-18-10-20(28(30,31)32)13-21(11-18)29(33,34)35/h10-13,22-23H,4-9,14-16H2,1-3H3. The van der Waals surface area contributed by atoms with E-state index in [9.17, 15) is 26.3 Å². The van der Waals surface area contributed by atoms with Crippen LogP contribution in [0.2, 0.25) is 0 Å². The predicted molar refractivity (Wildman–Crippen MR) is 149 cm³/mol. The van der Waals surface area contributed by atoms with Crippen LogP contribution < -0.4 is 4.90 Å². The zero-order chi connectivity index (χ0) is 31.4. The number of hydrogen-bond donors (Lipinski definition) is 0. The molecular formula is C29H33F6N9. The maximum Gasteiger partial charge on any atom is 0.416 e. The van der Waals surface area contributed by atoms with Crippen LogP contribution in [0.4, 0.5) is 32.3 Å². The lowest BCUT2D eigenvalue weighted by Crippen LogP contribution is -2.35. The molecule has 0 amide bonds. The van der Waals surface area contributed by atoms with Crippen molar-refractivity contribution in [3.05, 3.63) is 57.9 Å². The zero-order valence-electron chi connectivity index (χ0n) is 24.6. The van der Waals surface area contributed by atoms with E-state index >= 15 is 0 Å². The van der Waals surface area contributed by atoms with Crippen molar-refractivity contribution >= 4 is 17.0 Å². The molecule has 0 saturated heterocycles. The smallest absolute Gasteiger partial charge is 0.329 e. The van der Waals surface area contributed by atoms with Gasteiger partial charge in [-0.3, -0.25) is 9.58 Å². The van der Waals surface area contributed by atoms with Gasteiger partial charge in [0.05, 0.1) is 29.6 Å². The number of aryl methyl sites for hydroxylation is 3. The molecule has 44 heavy (non-hydrogen) atoms. The van der Waals surface area contributed by atoms with Gasteiger partial charge in [0.2, 0.25) is 0 Å². The molecule has 0 bridgehead atoms. The van der Waals surface area contributed by atoms with E-state index in [1.807, 2.05) is 20.0 Å². The van der Waals surface area contributed by atoms with Crippen LogP contribution in [0.15, 0.2) is 24.3 Å². The number of aromatic nitrogens is 7. The van der Waals surface area contributed by atoms with Gasteiger partial charge in [0, 0.05) is 44.2 Å². The van der Waals surface area contributed by atoms with E-state index in [1.54, 1.807) is 4.68 Å². The number of halogens is 6. The predicted octanol–water partition coefficient (Wildman–Crippen LogP) is 5.95. The molecule has 2 saturated carbocycles. The average molecular weight is 622 g/mol. The summed E-state index contributed by atoms with van der Waals surface area (Å²) in [6, 6.07) is 4.49. The highest BCUT2D eigenvalue weighted by Crippen LogP contribution is 2.38. The summed E-state index contributed by atoms with van der Waals surface area (Å²) in [5, 5.41) is 17.5. The summed E-state index contributed by atoms with van der Waals surface area (Å²) in [5.74, 6) is 0.0715. The molecule has 0 unspecified atom stereocenters. The van der Waals surface area contributed by atoms with Gasteiger partial charge in [0.15, 0.2) is 5.65 Å². The molecule has 2 fully saturated rings. The van der Waals surface area contributed by atoms with Gasteiger partial charge in [-0.05, 0) is 73.2 Å². The molecule has 0 aliphatic heterocycles. The Morgan fingerprint density at radius 2 is 1.45 bits per heavy atom. The van der Waals surface area contributed by atoms with E-state index in [2.05, 4.69) is 25.4 Å². The molecule has 0 N–H and O–H groups in total. The minimum Gasteiger partial charge on any atom is -0.329 e. The highest BCUT2D eigenvalue weighted by Gasteiger charge is 2.38. The largest absolute Gasteiger partial charge is 0.416 e. The lowest BCUT2D eigenvalue weighted by atomic mass is 10.0. The fraction of sp³-hybridized carbons (Fsp3) is 0.552. The summed E-state index contributed by atoms with van der Waals surface area (Å²) >= 11 is 0. The van der Waals surface area contributed by atoms with Gasteiger partial charge >= 0.3 is 12.4 Å². The molecular weight excluding hydrogens is 588 g/mol. The Labute approximate surface area is 249 Å². The van der Waals surface area contributed by atoms with Crippen molar-refractivity contribution in [3.63, 3.8) is 0 Å². The van der Waals surface area contributed by atoms with Gasteiger partial charge in [-0.2, -0.15) is 36.2 Å². The summed E-state index contributed by atoms with van der Waals surface area (Å²) in [6.45, 7) is 2.20. The number of pyridine rings is 1. The van der Waals surface area contributed by atoms with E-state index in [0.717, 1.165) is 60.2 Å². The number of alkyl halides is 6. The second-order valence-electron chi connectivity index (χ2n) is 11.9. The summed E-state index contributed by atoms with van der Waals surface area (Å²) in [7, 11) is 3.36. The SMILES string of the molecule is Cc1nn(C)c2nc(CN(C3CCCC3)C3CC3)c(CN(Cc3cc(C(F)(F)F)cc(C(F)(F)F)c3)c3nnn(C)n3)cc12. The quantitative estimate of drug-likeness (QED) is 0.214. The first-order chi connectivity index (χ1) is 20.8. The Morgan fingerprint density at radius 3 is 2.02 bits per heavy atom. The number of rotatable bonds is 9. The van der Waals surface area contributed by atoms with Gasteiger partial charge in [-0.15, -0.1) is 5.10 Å². The Hall–Kier alpha value is -3.75. The fourth-order valence-electron chi connectivity index (χ4n) is 6.20. The molecule has 9 nitrogen and oxygen atoms in total. The molecule has 2 aliphatic rings. The molecule has 0 atom stereocenters. The number of anilines is 1. The number of hydrogen-bond acceptors (Lipinski definition) is 7. The minimum atomic E-state index is -4.96. The third-order valence-corrected chi connectivity index (χ3v) is 8.47. The van der Waals surface area contributed by atoms with Crippen LogP contribution in [-0.2, 0) is 46.1 Å².